The molecule has 82 valence electrons. The molecule has 0 unspecified atom stereocenters. The maximum atomic E-state index is 6.03. The molecule has 0 spiro atoms. The van der Waals surface area contributed by atoms with Crippen molar-refractivity contribution in [3.8, 4) is 0 Å². The molecular weight excluding hydrogens is 222 g/mol. The van der Waals surface area contributed by atoms with E-state index < -0.39 is 0 Å². The Bertz CT molecular complexity index is 494. The molecule has 0 aliphatic heterocycles. The van der Waals surface area contributed by atoms with Crippen LogP contribution in [-0.4, -0.2) is 4.98 Å². The summed E-state index contributed by atoms with van der Waals surface area (Å²) >= 11 is 6.03. The number of anilines is 3. The SMILES string of the molecule is Cc1c(Cl)cccc1Nc1ccc(N)nc1. The molecule has 3 nitrogen and oxygen atoms in total. The first-order valence-corrected chi connectivity index (χ1v) is 5.28. The van der Waals surface area contributed by atoms with E-state index >= 15 is 0 Å². The maximum Gasteiger partial charge on any atom is 0.123 e. The molecule has 2 rings (SSSR count). The van der Waals surface area contributed by atoms with Crippen LogP contribution in [0.15, 0.2) is 36.5 Å². The smallest absolute Gasteiger partial charge is 0.123 e. The van der Waals surface area contributed by atoms with E-state index in [1.165, 1.54) is 0 Å². The third-order valence-electron chi connectivity index (χ3n) is 2.33. The lowest BCUT2D eigenvalue weighted by Crippen LogP contribution is -1.95. The summed E-state index contributed by atoms with van der Waals surface area (Å²) in [7, 11) is 0. The largest absolute Gasteiger partial charge is 0.384 e. The molecule has 0 bridgehead atoms. The number of hydrogen-bond donors (Lipinski definition) is 2. The van der Waals surface area contributed by atoms with Crippen LogP contribution in [0.2, 0.25) is 5.02 Å². The predicted molar refractivity (Wildman–Crippen MR) is 68.1 cm³/mol. The van der Waals surface area contributed by atoms with Crippen molar-refractivity contribution < 1.29 is 0 Å². The third-order valence-corrected chi connectivity index (χ3v) is 2.74. The maximum absolute atomic E-state index is 6.03. The van der Waals surface area contributed by atoms with Crippen molar-refractivity contribution in [2.24, 2.45) is 0 Å². The fourth-order valence-corrected chi connectivity index (χ4v) is 1.55. The second kappa shape index (κ2) is 4.41. The second-order valence-electron chi connectivity index (χ2n) is 3.51. The molecule has 1 aromatic heterocycles. The fourth-order valence-electron chi connectivity index (χ4n) is 1.38. The first-order chi connectivity index (χ1) is 7.66. The zero-order valence-corrected chi connectivity index (χ0v) is 9.62. The van der Waals surface area contributed by atoms with Crippen LogP contribution in [0.1, 0.15) is 5.56 Å². The summed E-state index contributed by atoms with van der Waals surface area (Å²) in [4.78, 5) is 4.01. The second-order valence-corrected chi connectivity index (χ2v) is 3.92. The molecule has 2 aromatic rings. The van der Waals surface area contributed by atoms with Gasteiger partial charge < -0.3 is 11.1 Å². The van der Waals surface area contributed by atoms with Gasteiger partial charge in [-0.15, -0.1) is 0 Å². The summed E-state index contributed by atoms with van der Waals surface area (Å²) in [6, 6.07) is 9.37. The number of rotatable bonds is 2. The molecule has 0 aliphatic carbocycles. The number of aromatic nitrogens is 1. The summed E-state index contributed by atoms with van der Waals surface area (Å²) in [5.41, 5.74) is 8.39. The first kappa shape index (κ1) is 10.8. The van der Waals surface area contributed by atoms with Gasteiger partial charge >= 0.3 is 0 Å². The lowest BCUT2D eigenvalue weighted by atomic mass is 10.2. The van der Waals surface area contributed by atoms with Crippen molar-refractivity contribution in [1.29, 1.82) is 0 Å². The lowest BCUT2D eigenvalue weighted by molar-refractivity contribution is 1.32. The Morgan fingerprint density at radius 3 is 2.75 bits per heavy atom. The molecule has 16 heavy (non-hydrogen) atoms. The topological polar surface area (TPSA) is 50.9 Å². The van der Waals surface area contributed by atoms with Crippen LogP contribution in [0.3, 0.4) is 0 Å². The van der Waals surface area contributed by atoms with Crippen LogP contribution in [-0.2, 0) is 0 Å². The minimum absolute atomic E-state index is 0.508. The van der Waals surface area contributed by atoms with E-state index in [0.29, 0.717) is 5.82 Å². The number of pyridine rings is 1. The molecule has 0 aliphatic rings. The highest BCUT2D eigenvalue weighted by Crippen LogP contribution is 2.25. The van der Waals surface area contributed by atoms with Crippen LogP contribution in [0.5, 0.6) is 0 Å². The summed E-state index contributed by atoms with van der Waals surface area (Å²) in [5, 5.41) is 3.98. The molecule has 0 atom stereocenters. The molecule has 3 N–H and O–H groups in total. The lowest BCUT2D eigenvalue weighted by Gasteiger charge is -2.10. The van der Waals surface area contributed by atoms with Gasteiger partial charge in [-0.1, -0.05) is 17.7 Å². The number of nitrogens with two attached hydrogens (primary N) is 1. The van der Waals surface area contributed by atoms with E-state index in [0.717, 1.165) is 22.0 Å². The Hall–Kier alpha value is -1.74. The van der Waals surface area contributed by atoms with Crippen molar-refractivity contribution in [3.63, 3.8) is 0 Å². The van der Waals surface area contributed by atoms with Crippen LogP contribution in [0.4, 0.5) is 17.2 Å². The molecule has 4 heteroatoms. The standard InChI is InChI=1S/C12H12ClN3/c1-8-10(13)3-2-4-11(8)16-9-5-6-12(14)15-7-9/h2-7,16H,1H3,(H2,14,15). The van der Waals surface area contributed by atoms with E-state index in [-0.39, 0.29) is 0 Å². The minimum atomic E-state index is 0.508. The monoisotopic (exact) mass is 233 g/mol. The Balaban J connectivity index is 2.27. The van der Waals surface area contributed by atoms with E-state index in [4.69, 9.17) is 17.3 Å². The number of nitrogens with one attached hydrogen (secondary N) is 1. The van der Waals surface area contributed by atoms with Gasteiger partial charge in [0.05, 0.1) is 11.9 Å². The van der Waals surface area contributed by atoms with E-state index in [1.54, 1.807) is 12.3 Å². The number of benzene rings is 1. The third kappa shape index (κ3) is 2.25. The Morgan fingerprint density at radius 2 is 2.06 bits per heavy atom. The average molecular weight is 234 g/mol. The fraction of sp³-hybridized carbons (Fsp3) is 0.0833. The Kier molecular flexibility index (Phi) is 2.97. The highest BCUT2D eigenvalue weighted by molar-refractivity contribution is 6.31. The molecule has 0 amide bonds. The van der Waals surface area contributed by atoms with Gasteiger partial charge in [-0.2, -0.15) is 0 Å². The minimum Gasteiger partial charge on any atom is -0.384 e. The van der Waals surface area contributed by atoms with E-state index in [9.17, 15) is 0 Å². The molecule has 0 fully saturated rings. The highest BCUT2D eigenvalue weighted by Gasteiger charge is 2.02. The molecule has 0 saturated carbocycles. The van der Waals surface area contributed by atoms with E-state index in [1.807, 2.05) is 31.2 Å². The summed E-state index contributed by atoms with van der Waals surface area (Å²) in [6.07, 6.45) is 1.69. The Labute approximate surface area is 99.3 Å². The summed E-state index contributed by atoms with van der Waals surface area (Å²) in [5.74, 6) is 0.508. The molecule has 1 aromatic carbocycles. The molecule has 0 radical (unpaired) electrons. The Morgan fingerprint density at radius 1 is 1.25 bits per heavy atom. The van der Waals surface area contributed by atoms with Crippen molar-refractivity contribution >= 4 is 28.8 Å². The van der Waals surface area contributed by atoms with E-state index in [2.05, 4.69) is 10.3 Å². The zero-order valence-electron chi connectivity index (χ0n) is 8.87. The number of halogens is 1. The van der Waals surface area contributed by atoms with Crippen LogP contribution >= 0.6 is 11.6 Å². The van der Waals surface area contributed by atoms with Crippen LogP contribution < -0.4 is 11.1 Å². The van der Waals surface area contributed by atoms with Gasteiger partial charge in [-0.05, 0) is 36.8 Å². The van der Waals surface area contributed by atoms with Gasteiger partial charge in [-0.25, -0.2) is 4.98 Å². The van der Waals surface area contributed by atoms with Crippen LogP contribution in [0, 0.1) is 6.92 Å². The van der Waals surface area contributed by atoms with Crippen molar-refractivity contribution in [1.82, 2.24) is 4.98 Å². The van der Waals surface area contributed by atoms with Crippen molar-refractivity contribution in [2.75, 3.05) is 11.1 Å². The summed E-state index contributed by atoms with van der Waals surface area (Å²) in [6.45, 7) is 1.97. The van der Waals surface area contributed by atoms with Gasteiger partial charge in [0.2, 0.25) is 0 Å². The van der Waals surface area contributed by atoms with Crippen molar-refractivity contribution in [2.45, 2.75) is 6.92 Å². The van der Waals surface area contributed by atoms with Gasteiger partial charge in [0.25, 0.3) is 0 Å². The predicted octanol–water partition coefficient (Wildman–Crippen LogP) is 3.37. The van der Waals surface area contributed by atoms with Crippen LogP contribution in [0.25, 0.3) is 0 Å². The molecule has 1 heterocycles. The van der Waals surface area contributed by atoms with Gasteiger partial charge in [-0.3, -0.25) is 0 Å². The van der Waals surface area contributed by atoms with Gasteiger partial charge in [0, 0.05) is 10.7 Å². The number of nitrogens with zero attached hydrogens (tertiary/aromatic N) is 1. The zero-order chi connectivity index (χ0) is 11.5. The molecular formula is C12H12ClN3. The summed E-state index contributed by atoms with van der Waals surface area (Å²) < 4.78 is 0. The van der Waals surface area contributed by atoms with Crippen molar-refractivity contribution in [3.05, 3.63) is 47.1 Å². The number of hydrogen-bond acceptors (Lipinski definition) is 3. The molecule has 0 saturated heterocycles. The number of nitrogen functional groups attached to an aromatic ring is 1. The first-order valence-electron chi connectivity index (χ1n) is 4.90. The average Bonchev–Trinajstić information content (AvgIpc) is 2.28. The highest BCUT2D eigenvalue weighted by atomic mass is 35.5. The normalized spacial score (nSPS) is 10.1. The quantitative estimate of drug-likeness (QED) is 0.836. The van der Waals surface area contributed by atoms with Gasteiger partial charge in [0.1, 0.15) is 5.82 Å². The van der Waals surface area contributed by atoms with Gasteiger partial charge in [0.15, 0.2) is 0 Å².